The van der Waals surface area contributed by atoms with Gasteiger partial charge in [0.15, 0.2) is 10.7 Å². The van der Waals surface area contributed by atoms with Gasteiger partial charge in [-0.1, -0.05) is 42.5 Å². The van der Waals surface area contributed by atoms with Crippen LogP contribution in [-0.4, -0.2) is 50.7 Å². The van der Waals surface area contributed by atoms with E-state index >= 15 is 0 Å². The lowest BCUT2D eigenvalue weighted by Gasteiger charge is -2.42. The fourth-order valence-corrected chi connectivity index (χ4v) is 6.45. The Hall–Kier alpha value is -3.49. The largest absolute Gasteiger partial charge is 0.497 e. The Bertz CT molecular complexity index is 1300. The number of fused-ring (bicyclic) bond motifs is 3. The molecule has 1 aliphatic carbocycles. The fraction of sp³-hybridized carbons (Fsp3) is 0.345. The summed E-state index contributed by atoms with van der Waals surface area (Å²) in [4.78, 5) is 0. The maximum atomic E-state index is 12.3. The van der Waals surface area contributed by atoms with E-state index in [-0.39, 0.29) is 5.92 Å². The molecule has 5 rings (SSSR count). The SMILES string of the molecule is CNC(=S)N[C@H]1[C@@H](O)[C@@]2(C)c3c(OC)cc(OC)cc3O[C@@]2(c2ccc(OC)cc2)[C@@H]1c1ccccc1. The number of rotatable bonds is 6. The van der Waals surface area contributed by atoms with Crippen molar-refractivity contribution in [3.05, 3.63) is 83.4 Å². The third kappa shape index (κ3) is 3.54. The molecule has 3 N–H and O–H groups in total. The first-order chi connectivity index (χ1) is 17.8. The monoisotopic (exact) mass is 520 g/mol. The highest BCUT2D eigenvalue weighted by molar-refractivity contribution is 7.80. The number of ether oxygens (including phenoxy) is 4. The van der Waals surface area contributed by atoms with Crippen LogP contribution < -0.4 is 29.6 Å². The Morgan fingerprint density at radius 1 is 0.946 bits per heavy atom. The van der Waals surface area contributed by atoms with Crippen molar-refractivity contribution in [3.8, 4) is 23.0 Å². The molecule has 1 fully saturated rings. The van der Waals surface area contributed by atoms with Crippen molar-refractivity contribution >= 4 is 17.3 Å². The molecule has 0 unspecified atom stereocenters. The van der Waals surface area contributed by atoms with Gasteiger partial charge in [0.05, 0.1) is 44.8 Å². The Morgan fingerprint density at radius 2 is 1.62 bits per heavy atom. The maximum absolute atomic E-state index is 12.3. The van der Waals surface area contributed by atoms with Crippen molar-refractivity contribution < 1.29 is 24.1 Å². The molecule has 194 valence electrons. The van der Waals surface area contributed by atoms with Crippen LogP contribution in [0.15, 0.2) is 66.7 Å². The van der Waals surface area contributed by atoms with Crippen LogP contribution in [0, 0.1) is 0 Å². The first-order valence-corrected chi connectivity index (χ1v) is 12.6. The van der Waals surface area contributed by atoms with Gasteiger partial charge in [-0.15, -0.1) is 0 Å². The standard InChI is InChI=1S/C29H32N2O5S/c1-28-24-21(35-5)15-20(34-4)16-22(24)36-29(28,18-11-13-19(33-3)14-12-18)23(17-9-7-6-8-10-17)25(26(28)32)31-27(37)30-2/h6-16,23,25-26,32H,1-5H3,(H2,30,31,37)/t23-,25-,26-,28-,29+/m1/s1. The molecule has 0 saturated heterocycles. The Labute approximate surface area is 222 Å². The summed E-state index contributed by atoms with van der Waals surface area (Å²) in [6.07, 6.45) is -0.908. The summed E-state index contributed by atoms with van der Waals surface area (Å²) in [5, 5.41) is 19.1. The molecule has 5 atom stereocenters. The fourth-order valence-electron chi connectivity index (χ4n) is 6.32. The summed E-state index contributed by atoms with van der Waals surface area (Å²) in [7, 11) is 6.63. The zero-order valence-corrected chi connectivity index (χ0v) is 22.4. The maximum Gasteiger partial charge on any atom is 0.166 e. The van der Waals surface area contributed by atoms with Crippen LogP contribution in [0.4, 0.5) is 0 Å². The molecule has 37 heavy (non-hydrogen) atoms. The number of benzene rings is 3. The molecule has 3 aromatic rings. The van der Waals surface area contributed by atoms with E-state index in [0.717, 1.165) is 22.4 Å². The molecule has 7 nitrogen and oxygen atoms in total. The van der Waals surface area contributed by atoms with Crippen LogP contribution in [0.5, 0.6) is 23.0 Å². The van der Waals surface area contributed by atoms with Crippen molar-refractivity contribution in [2.24, 2.45) is 0 Å². The molecule has 1 aliphatic heterocycles. The van der Waals surface area contributed by atoms with Crippen LogP contribution in [-0.2, 0) is 11.0 Å². The second-order valence-electron chi connectivity index (χ2n) is 9.55. The van der Waals surface area contributed by atoms with Crippen molar-refractivity contribution in [1.82, 2.24) is 10.6 Å². The molecular weight excluding hydrogens is 488 g/mol. The predicted octanol–water partition coefficient (Wildman–Crippen LogP) is 3.88. The number of hydrogen-bond acceptors (Lipinski definition) is 6. The summed E-state index contributed by atoms with van der Waals surface area (Å²) in [6.45, 7) is 2.04. The van der Waals surface area contributed by atoms with Crippen molar-refractivity contribution in [3.63, 3.8) is 0 Å². The van der Waals surface area contributed by atoms with E-state index in [9.17, 15) is 5.11 Å². The lowest BCUT2D eigenvalue weighted by atomic mass is 9.64. The minimum Gasteiger partial charge on any atom is -0.497 e. The van der Waals surface area contributed by atoms with Crippen LogP contribution >= 0.6 is 12.2 Å². The lowest BCUT2D eigenvalue weighted by Crippen LogP contribution is -2.50. The van der Waals surface area contributed by atoms with Gasteiger partial charge in [-0.2, -0.15) is 0 Å². The average Bonchev–Trinajstić information content (AvgIpc) is 3.31. The summed E-state index contributed by atoms with van der Waals surface area (Å²) < 4.78 is 24.0. The highest BCUT2D eigenvalue weighted by Crippen LogP contribution is 2.69. The highest BCUT2D eigenvalue weighted by Gasteiger charge is 2.75. The third-order valence-corrected chi connectivity index (χ3v) is 8.31. The van der Waals surface area contributed by atoms with Crippen molar-refractivity contribution in [2.45, 2.75) is 36.0 Å². The van der Waals surface area contributed by atoms with Crippen LogP contribution in [0.25, 0.3) is 0 Å². The summed E-state index contributed by atoms with van der Waals surface area (Å²) in [5.74, 6) is 2.22. The molecule has 0 aromatic heterocycles. The normalized spacial score (nSPS) is 27.5. The van der Waals surface area contributed by atoms with E-state index in [1.807, 2.05) is 61.5 Å². The third-order valence-electron chi connectivity index (χ3n) is 7.99. The molecule has 8 heteroatoms. The predicted molar refractivity (Wildman–Crippen MR) is 146 cm³/mol. The Morgan fingerprint density at radius 3 is 2.22 bits per heavy atom. The van der Waals surface area contributed by atoms with Gasteiger partial charge in [-0.05, 0) is 42.4 Å². The van der Waals surface area contributed by atoms with Gasteiger partial charge in [-0.25, -0.2) is 0 Å². The summed E-state index contributed by atoms with van der Waals surface area (Å²) in [6, 6.07) is 21.2. The van der Waals surface area contributed by atoms with Gasteiger partial charge < -0.3 is 34.7 Å². The van der Waals surface area contributed by atoms with E-state index in [2.05, 4.69) is 22.8 Å². The molecule has 1 saturated carbocycles. The molecule has 0 radical (unpaired) electrons. The van der Waals surface area contributed by atoms with Crippen molar-refractivity contribution in [2.75, 3.05) is 28.4 Å². The molecule has 0 amide bonds. The van der Waals surface area contributed by atoms with E-state index in [4.69, 9.17) is 31.2 Å². The minimum atomic E-state index is -1.02. The van der Waals surface area contributed by atoms with Crippen LogP contribution in [0.1, 0.15) is 29.5 Å². The first kappa shape index (κ1) is 25.2. The van der Waals surface area contributed by atoms with Gasteiger partial charge >= 0.3 is 0 Å². The molecular formula is C29H32N2O5S. The number of aliphatic hydroxyl groups is 1. The first-order valence-electron chi connectivity index (χ1n) is 12.2. The molecule has 1 heterocycles. The highest BCUT2D eigenvalue weighted by atomic mass is 32.1. The van der Waals surface area contributed by atoms with E-state index < -0.39 is 23.2 Å². The van der Waals surface area contributed by atoms with E-state index in [0.29, 0.717) is 22.4 Å². The van der Waals surface area contributed by atoms with Gasteiger partial charge in [0, 0.05) is 24.7 Å². The average molecular weight is 521 g/mol. The van der Waals surface area contributed by atoms with Gasteiger partial charge in [0.25, 0.3) is 0 Å². The smallest absolute Gasteiger partial charge is 0.166 e. The second kappa shape index (κ2) is 9.43. The summed E-state index contributed by atoms with van der Waals surface area (Å²) >= 11 is 5.53. The number of hydrogen-bond donors (Lipinski definition) is 3. The van der Waals surface area contributed by atoms with E-state index in [1.165, 1.54) is 0 Å². The zero-order chi connectivity index (χ0) is 26.4. The zero-order valence-electron chi connectivity index (χ0n) is 21.6. The van der Waals surface area contributed by atoms with Gasteiger partial charge in [0.2, 0.25) is 0 Å². The van der Waals surface area contributed by atoms with E-state index in [1.54, 1.807) is 28.4 Å². The quantitative estimate of drug-likeness (QED) is 0.423. The molecule has 3 aromatic carbocycles. The summed E-state index contributed by atoms with van der Waals surface area (Å²) in [5.41, 5.74) is 0.746. The Kier molecular flexibility index (Phi) is 6.41. The van der Waals surface area contributed by atoms with Crippen LogP contribution in [0.3, 0.4) is 0 Å². The minimum absolute atomic E-state index is 0.337. The molecule has 0 spiro atoms. The van der Waals surface area contributed by atoms with Gasteiger partial charge in [0.1, 0.15) is 23.0 Å². The van der Waals surface area contributed by atoms with Gasteiger partial charge in [-0.3, -0.25) is 0 Å². The lowest BCUT2D eigenvalue weighted by molar-refractivity contribution is -0.00629. The second-order valence-corrected chi connectivity index (χ2v) is 9.96. The van der Waals surface area contributed by atoms with Crippen molar-refractivity contribution in [1.29, 1.82) is 0 Å². The van der Waals surface area contributed by atoms with Crippen LogP contribution in [0.2, 0.25) is 0 Å². The number of nitrogens with one attached hydrogen (secondary N) is 2. The molecule has 2 aliphatic rings. The number of thiocarbonyl (C=S) groups is 1. The number of aliphatic hydroxyl groups excluding tert-OH is 1. The molecule has 0 bridgehead atoms. The number of methoxy groups -OCH3 is 3. The Balaban J connectivity index is 1.85. The topological polar surface area (TPSA) is 81.2 Å².